The van der Waals surface area contributed by atoms with Crippen LogP contribution < -0.4 is 4.74 Å². The Balaban J connectivity index is 2.73. The second kappa shape index (κ2) is 6.26. The van der Waals surface area contributed by atoms with Gasteiger partial charge in [-0.25, -0.2) is 8.42 Å². The van der Waals surface area contributed by atoms with Crippen LogP contribution in [0.15, 0.2) is 29.3 Å². The molecular weight excluding hydrogens is 338 g/mol. The molecule has 1 heterocycles. The number of nitrogens with zero attached hydrogens (tertiary/aromatic N) is 1. The molecule has 0 unspecified atom stereocenters. The van der Waals surface area contributed by atoms with Gasteiger partial charge in [-0.1, -0.05) is 11.6 Å². The van der Waals surface area contributed by atoms with E-state index in [-0.39, 0.29) is 17.3 Å². The van der Waals surface area contributed by atoms with E-state index < -0.39 is 20.7 Å². The van der Waals surface area contributed by atoms with Gasteiger partial charge in [0, 0.05) is 17.6 Å². The van der Waals surface area contributed by atoms with E-state index in [2.05, 4.69) is 4.98 Å². The molecule has 0 saturated heterocycles. The predicted octanol–water partition coefficient (Wildman–Crippen LogP) is 3.22. The van der Waals surface area contributed by atoms with E-state index in [0.717, 1.165) is 0 Å². The Labute approximate surface area is 141 Å². The number of aromatic nitrogens is 1. The average Bonchev–Trinajstić information content (AvgIpc) is 2.43. The minimum Gasteiger partial charge on any atom is -0.489 e. The molecule has 2 rings (SSSR count). The smallest absolute Gasteiger partial charge is 0.186 e. The maximum atomic E-state index is 12.9. The number of halogens is 1. The van der Waals surface area contributed by atoms with Crippen LogP contribution in [0.1, 0.15) is 27.7 Å². The van der Waals surface area contributed by atoms with Crippen LogP contribution in [0.3, 0.4) is 0 Å². The number of rotatable bonds is 4. The summed E-state index contributed by atoms with van der Waals surface area (Å²) >= 11 is 6.16. The molecule has 1 atom stereocenters. The lowest BCUT2D eigenvalue weighted by Crippen LogP contribution is -2.28. The molecule has 0 aliphatic heterocycles. The van der Waals surface area contributed by atoms with Gasteiger partial charge in [0.15, 0.2) is 9.84 Å². The molecule has 1 N–H and O–H groups in total. The average molecular weight is 358 g/mol. The second-order valence-electron chi connectivity index (χ2n) is 6.38. The third-order valence-corrected chi connectivity index (χ3v) is 6.17. The summed E-state index contributed by atoms with van der Waals surface area (Å²) < 4.78 is 30.3. The molecule has 1 aromatic carbocycles. The molecule has 23 heavy (non-hydrogen) atoms. The minimum atomic E-state index is -3.66. The molecule has 0 bridgehead atoms. The van der Waals surface area contributed by atoms with E-state index >= 15 is 0 Å². The quantitative estimate of drug-likeness (QED) is 0.909. The minimum absolute atomic E-state index is 0.0151. The van der Waals surface area contributed by atoms with Crippen LogP contribution in [0.2, 0.25) is 5.02 Å². The summed E-state index contributed by atoms with van der Waals surface area (Å²) in [5.41, 5.74) is 0.533. The predicted molar refractivity (Wildman–Crippen MR) is 90.9 cm³/mol. The number of aliphatic hydroxyl groups excluding tert-OH is 1. The van der Waals surface area contributed by atoms with E-state index in [0.29, 0.717) is 15.9 Å². The first-order chi connectivity index (χ1) is 10.5. The van der Waals surface area contributed by atoms with Crippen molar-refractivity contribution in [2.24, 2.45) is 0 Å². The first-order valence-electron chi connectivity index (χ1n) is 7.18. The summed E-state index contributed by atoms with van der Waals surface area (Å²) in [6.45, 7) is 6.41. The summed E-state index contributed by atoms with van der Waals surface area (Å²) in [6.07, 6.45) is 0.823. The monoisotopic (exact) mass is 357 g/mol. The Morgan fingerprint density at radius 2 is 2.00 bits per heavy atom. The van der Waals surface area contributed by atoms with Crippen LogP contribution in [0.4, 0.5) is 0 Å². The maximum absolute atomic E-state index is 12.9. The molecular formula is C16H20ClNO4S. The molecule has 126 valence electrons. The van der Waals surface area contributed by atoms with Crippen LogP contribution in [-0.4, -0.2) is 36.0 Å². The first-order valence-corrected chi connectivity index (χ1v) is 9.04. The van der Waals surface area contributed by atoms with Gasteiger partial charge in [-0.3, -0.25) is 4.98 Å². The molecule has 0 spiro atoms. The molecule has 0 radical (unpaired) electrons. The third-order valence-electron chi connectivity index (χ3n) is 3.33. The number of hydrogen-bond acceptors (Lipinski definition) is 5. The van der Waals surface area contributed by atoms with E-state index in [4.69, 9.17) is 16.3 Å². The van der Waals surface area contributed by atoms with Gasteiger partial charge in [0.05, 0.1) is 21.4 Å². The van der Waals surface area contributed by atoms with Crippen LogP contribution in [0.25, 0.3) is 10.9 Å². The molecule has 0 fully saturated rings. The summed E-state index contributed by atoms with van der Waals surface area (Å²) in [4.78, 5) is 4.24. The molecule has 7 heteroatoms. The van der Waals surface area contributed by atoms with Gasteiger partial charge in [-0.15, -0.1) is 0 Å². The van der Waals surface area contributed by atoms with Crippen molar-refractivity contribution in [1.82, 2.24) is 4.98 Å². The zero-order valence-electron chi connectivity index (χ0n) is 13.5. The van der Waals surface area contributed by atoms with Gasteiger partial charge >= 0.3 is 0 Å². The number of sulfone groups is 1. The van der Waals surface area contributed by atoms with Crippen molar-refractivity contribution in [3.63, 3.8) is 0 Å². The van der Waals surface area contributed by atoms with Gasteiger partial charge in [0.2, 0.25) is 0 Å². The second-order valence-corrected chi connectivity index (χ2v) is 9.46. The van der Waals surface area contributed by atoms with E-state index in [1.165, 1.54) is 6.07 Å². The molecule has 1 aromatic heterocycles. The summed E-state index contributed by atoms with van der Waals surface area (Å²) in [7, 11) is -3.66. The lowest BCUT2D eigenvalue weighted by Gasteiger charge is -2.22. The number of aliphatic hydroxyl groups is 1. The lowest BCUT2D eigenvalue weighted by atomic mass is 10.2. The SMILES string of the molecule is C[C@@H](O)COc1cc2nccc(Cl)c2cc1S(=O)(=O)C(C)(C)C. The van der Waals surface area contributed by atoms with E-state index in [1.54, 1.807) is 46.0 Å². The summed E-state index contributed by atoms with van der Waals surface area (Å²) in [5.74, 6) is 0.170. The maximum Gasteiger partial charge on any atom is 0.186 e. The van der Waals surface area contributed by atoms with Crippen molar-refractivity contribution in [2.75, 3.05) is 6.61 Å². The highest BCUT2D eigenvalue weighted by molar-refractivity contribution is 7.92. The fourth-order valence-corrected chi connectivity index (χ4v) is 3.51. The van der Waals surface area contributed by atoms with Gasteiger partial charge in [-0.2, -0.15) is 0 Å². The van der Waals surface area contributed by atoms with Crippen LogP contribution >= 0.6 is 11.6 Å². The van der Waals surface area contributed by atoms with Crippen molar-refractivity contribution in [3.8, 4) is 5.75 Å². The number of benzene rings is 1. The number of pyridine rings is 1. The first kappa shape index (κ1) is 18.0. The van der Waals surface area contributed by atoms with Crippen molar-refractivity contribution in [3.05, 3.63) is 29.4 Å². The number of hydrogen-bond donors (Lipinski definition) is 1. The van der Waals surface area contributed by atoms with Crippen molar-refractivity contribution >= 4 is 32.3 Å². The summed E-state index contributed by atoms with van der Waals surface area (Å²) in [5, 5.41) is 10.4. The van der Waals surface area contributed by atoms with Crippen molar-refractivity contribution < 1.29 is 18.3 Å². The van der Waals surface area contributed by atoms with Crippen LogP contribution in [-0.2, 0) is 9.84 Å². The Bertz CT molecular complexity index is 826. The Kier molecular flexibility index (Phi) is 4.89. The molecule has 0 aliphatic rings. The zero-order chi connectivity index (χ0) is 17.4. The highest BCUT2D eigenvalue weighted by Gasteiger charge is 2.34. The van der Waals surface area contributed by atoms with Gasteiger partial charge in [0.25, 0.3) is 0 Å². The number of fused-ring (bicyclic) bond motifs is 1. The largest absolute Gasteiger partial charge is 0.489 e. The van der Waals surface area contributed by atoms with Crippen molar-refractivity contribution in [2.45, 2.75) is 43.4 Å². The topological polar surface area (TPSA) is 76.5 Å². The molecule has 5 nitrogen and oxygen atoms in total. The van der Waals surface area contributed by atoms with Gasteiger partial charge < -0.3 is 9.84 Å². The summed E-state index contributed by atoms with van der Waals surface area (Å²) in [6, 6.07) is 4.64. The zero-order valence-corrected chi connectivity index (χ0v) is 15.1. The Hall–Kier alpha value is -1.37. The Morgan fingerprint density at radius 1 is 1.35 bits per heavy atom. The number of ether oxygens (including phenoxy) is 1. The van der Waals surface area contributed by atoms with Gasteiger partial charge in [-0.05, 0) is 39.8 Å². The fraction of sp³-hybridized carbons (Fsp3) is 0.438. The highest BCUT2D eigenvalue weighted by atomic mass is 35.5. The third kappa shape index (κ3) is 3.59. The molecule has 0 aliphatic carbocycles. The molecule has 0 saturated carbocycles. The standard InChI is InChI=1S/C16H20ClNO4S/c1-10(19)9-22-14-8-13-11(12(17)5-6-18-13)7-15(14)23(20,21)16(2,3)4/h5-8,10,19H,9H2,1-4H3/t10-/m1/s1. The Morgan fingerprint density at radius 3 is 2.57 bits per heavy atom. The molecule has 0 amide bonds. The van der Waals surface area contributed by atoms with Gasteiger partial charge in [0.1, 0.15) is 17.3 Å². The highest BCUT2D eigenvalue weighted by Crippen LogP contribution is 2.36. The fourth-order valence-electron chi connectivity index (χ4n) is 1.98. The lowest BCUT2D eigenvalue weighted by molar-refractivity contribution is 0.121. The van der Waals surface area contributed by atoms with Crippen molar-refractivity contribution in [1.29, 1.82) is 0 Å². The normalized spacial score (nSPS) is 14.0. The van der Waals surface area contributed by atoms with E-state index in [9.17, 15) is 13.5 Å². The van der Waals surface area contributed by atoms with Crippen LogP contribution in [0, 0.1) is 0 Å². The van der Waals surface area contributed by atoms with E-state index in [1.807, 2.05) is 0 Å². The molecule has 2 aromatic rings. The van der Waals surface area contributed by atoms with Crippen LogP contribution in [0.5, 0.6) is 5.75 Å².